The molecule has 1 fully saturated rings. The van der Waals surface area contributed by atoms with Gasteiger partial charge in [0.2, 0.25) is 5.95 Å². The van der Waals surface area contributed by atoms with E-state index >= 15 is 0 Å². The van der Waals surface area contributed by atoms with Gasteiger partial charge in [0.15, 0.2) is 5.65 Å². The maximum Gasteiger partial charge on any atom is 0.227 e. The second-order valence-electron chi connectivity index (χ2n) is 5.73. The highest BCUT2D eigenvalue weighted by Gasteiger charge is 2.34. The van der Waals surface area contributed by atoms with E-state index < -0.39 is 5.60 Å². The van der Waals surface area contributed by atoms with Crippen molar-refractivity contribution in [2.75, 3.05) is 18.0 Å². The van der Waals surface area contributed by atoms with E-state index in [1.165, 1.54) is 0 Å². The number of benzene rings is 1. The van der Waals surface area contributed by atoms with Crippen LogP contribution in [0, 0.1) is 0 Å². The van der Waals surface area contributed by atoms with Gasteiger partial charge in [-0.2, -0.15) is 10.1 Å². The predicted molar refractivity (Wildman–Crippen MR) is 83.5 cm³/mol. The van der Waals surface area contributed by atoms with E-state index in [1.54, 1.807) is 12.4 Å². The molecule has 1 saturated heterocycles. The maximum absolute atomic E-state index is 10.9. The normalized spacial score (nSPS) is 17.8. The van der Waals surface area contributed by atoms with Gasteiger partial charge in [-0.1, -0.05) is 30.3 Å². The Morgan fingerprint density at radius 3 is 2.64 bits per heavy atom. The number of H-pyrrole nitrogens is 1. The van der Waals surface area contributed by atoms with Gasteiger partial charge in [0.05, 0.1) is 17.2 Å². The average Bonchev–Trinajstić information content (AvgIpc) is 3.04. The smallest absolute Gasteiger partial charge is 0.227 e. The van der Waals surface area contributed by atoms with Gasteiger partial charge in [-0.3, -0.25) is 5.10 Å². The van der Waals surface area contributed by atoms with Crippen molar-refractivity contribution in [1.82, 2.24) is 20.2 Å². The van der Waals surface area contributed by atoms with Crippen LogP contribution in [0.3, 0.4) is 0 Å². The van der Waals surface area contributed by atoms with Crippen LogP contribution < -0.4 is 4.90 Å². The quantitative estimate of drug-likeness (QED) is 0.754. The molecule has 112 valence electrons. The van der Waals surface area contributed by atoms with Gasteiger partial charge in [-0.25, -0.2) is 4.98 Å². The molecule has 0 saturated carbocycles. The lowest BCUT2D eigenvalue weighted by molar-refractivity contribution is 0.0115. The fourth-order valence-electron chi connectivity index (χ4n) is 2.99. The van der Waals surface area contributed by atoms with E-state index in [1.807, 2.05) is 30.3 Å². The first kappa shape index (κ1) is 13.2. The summed E-state index contributed by atoms with van der Waals surface area (Å²) < 4.78 is 0. The van der Waals surface area contributed by atoms with Crippen molar-refractivity contribution in [3.8, 4) is 0 Å². The van der Waals surface area contributed by atoms with Gasteiger partial charge < -0.3 is 10.0 Å². The van der Waals surface area contributed by atoms with E-state index in [4.69, 9.17) is 0 Å². The molecule has 1 aromatic carbocycles. The molecule has 6 heteroatoms. The number of aliphatic hydroxyl groups is 1. The standard InChI is InChI=1S/C16H17N5O/c22-16(13-4-2-1-3-5-13)6-8-21(9-7-16)15-17-10-12-11-18-20-14(12)19-15/h1-5,10-11,22H,6-9H2,(H,17,18,19,20). The first-order chi connectivity index (χ1) is 10.7. The lowest BCUT2D eigenvalue weighted by Crippen LogP contribution is -2.43. The zero-order valence-corrected chi connectivity index (χ0v) is 12.1. The number of rotatable bonds is 2. The van der Waals surface area contributed by atoms with Crippen LogP contribution >= 0.6 is 0 Å². The van der Waals surface area contributed by atoms with E-state index in [9.17, 15) is 5.11 Å². The molecule has 0 unspecified atom stereocenters. The molecule has 6 nitrogen and oxygen atoms in total. The number of piperidine rings is 1. The molecule has 0 bridgehead atoms. The van der Waals surface area contributed by atoms with Gasteiger partial charge in [-0.15, -0.1) is 0 Å². The highest BCUT2D eigenvalue weighted by atomic mass is 16.3. The summed E-state index contributed by atoms with van der Waals surface area (Å²) in [5, 5.41) is 18.6. The summed E-state index contributed by atoms with van der Waals surface area (Å²) in [6.07, 6.45) is 4.82. The van der Waals surface area contributed by atoms with E-state index in [-0.39, 0.29) is 0 Å². The van der Waals surface area contributed by atoms with Gasteiger partial charge >= 0.3 is 0 Å². The number of aromatic nitrogens is 4. The van der Waals surface area contributed by atoms with Crippen LogP contribution in [0.2, 0.25) is 0 Å². The van der Waals surface area contributed by atoms with Crippen LogP contribution in [-0.2, 0) is 5.60 Å². The molecular formula is C16H17N5O. The number of nitrogens with zero attached hydrogens (tertiary/aromatic N) is 4. The van der Waals surface area contributed by atoms with E-state index in [2.05, 4.69) is 25.1 Å². The molecule has 0 amide bonds. The summed E-state index contributed by atoms with van der Waals surface area (Å²) in [7, 11) is 0. The first-order valence-corrected chi connectivity index (χ1v) is 7.44. The molecule has 0 aliphatic carbocycles. The molecule has 3 heterocycles. The Hall–Kier alpha value is -2.47. The Balaban J connectivity index is 1.54. The molecular weight excluding hydrogens is 278 g/mol. The lowest BCUT2D eigenvalue weighted by Gasteiger charge is -2.38. The number of anilines is 1. The minimum Gasteiger partial charge on any atom is -0.385 e. The number of aromatic amines is 1. The molecule has 2 aromatic heterocycles. The Bertz CT molecular complexity index is 777. The van der Waals surface area contributed by atoms with Crippen molar-refractivity contribution in [2.45, 2.75) is 18.4 Å². The topological polar surface area (TPSA) is 77.9 Å². The number of nitrogens with one attached hydrogen (secondary N) is 1. The Kier molecular flexibility index (Phi) is 3.04. The molecule has 3 aromatic rings. The van der Waals surface area contributed by atoms with Crippen molar-refractivity contribution in [1.29, 1.82) is 0 Å². The second-order valence-corrected chi connectivity index (χ2v) is 5.73. The zero-order chi connectivity index (χ0) is 15.0. The second kappa shape index (κ2) is 5.06. The van der Waals surface area contributed by atoms with Crippen LogP contribution in [0.5, 0.6) is 0 Å². The average molecular weight is 295 g/mol. The van der Waals surface area contributed by atoms with Crippen LogP contribution in [0.15, 0.2) is 42.7 Å². The van der Waals surface area contributed by atoms with Gasteiger partial charge in [-0.05, 0) is 18.4 Å². The van der Waals surface area contributed by atoms with Crippen LogP contribution in [0.4, 0.5) is 5.95 Å². The van der Waals surface area contributed by atoms with Gasteiger partial charge in [0.1, 0.15) is 0 Å². The minimum atomic E-state index is -0.754. The third kappa shape index (κ3) is 2.21. The fourth-order valence-corrected chi connectivity index (χ4v) is 2.99. The molecule has 0 spiro atoms. The van der Waals surface area contributed by atoms with Gasteiger partial charge in [0, 0.05) is 19.3 Å². The van der Waals surface area contributed by atoms with Crippen molar-refractivity contribution in [3.05, 3.63) is 48.3 Å². The summed E-state index contributed by atoms with van der Waals surface area (Å²) in [5.41, 5.74) is 0.976. The SMILES string of the molecule is OC1(c2ccccc2)CCN(c2ncc3cn[nH]c3n2)CC1. The summed E-state index contributed by atoms with van der Waals surface area (Å²) in [6.45, 7) is 1.45. The molecule has 0 radical (unpaired) electrons. The number of fused-ring (bicyclic) bond motifs is 1. The Morgan fingerprint density at radius 1 is 1.09 bits per heavy atom. The first-order valence-electron chi connectivity index (χ1n) is 7.44. The molecule has 0 atom stereocenters. The van der Waals surface area contributed by atoms with Crippen molar-refractivity contribution < 1.29 is 5.11 Å². The third-order valence-corrected chi connectivity index (χ3v) is 4.36. The molecule has 2 N–H and O–H groups in total. The zero-order valence-electron chi connectivity index (χ0n) is 12.1. The lowest BCUT2D eigenvalue weighted by atomic mass is 9.84. The monoisotopic (exact) mass is 295 g/mol. The van der Waals surface area contributed by atoms with Crippen molar-refractivity contribution in [2.24, 2.45) is 0 Å². The highest BCUT2D eigenvalue weighted by molar-refractivity contribution is 5.73. The van der Waals surface area contributed by atoms with Gasteiger partial charge in [0.25, 0.3) is 0 Å². The molecule has 1 aliphatic heterocycles. The summed E-state index contributed by atoms with van der Waals surface area (Å²) in [4.78, 5) is 11.0. The minimum absolute atomic E-state index is 0.668. The Morgan fingerprint density at radius 2 is 1.86 bits per heavy atom. The van der Waals surface area contributed by atoms with E-state index in [0.29, 0.717) is 18.8 Å². The van der Waals surface area contributed by atoms with E-state index in [0.717, 1.165) is 29.7 Å². The molecule has 4 rings (SSSR count). The predicted octanol–water partition coefficient (Wildman–Crippen LogP) is 1.84. The summed E-state index contributed by atoms with van der Waals surface area (Å²) >= 11 is 0. The number of hydrogen-bond donors (Lipinski definition) is 2. The van der Waals surface area contributed by atoms with Crippen LogP contribution in [-0.4, -0.2) is 38.4 Å². The highest BCUT2D eigenvalue weighted by Crippen LogP contribution is 2.33. The fraction of sp³-hybridized carbons (Fsp3) is 0.312. The van der Waals surface area contributed by atoms with Crippen molar-refractivity contribution in [3.63, 3.8) is 0 Å². The van der Waals surface area contributed by atoms with Crippen molar-refractivity contribution >= 4 is 17.0 Å². The third-order valence-electron chi connectivity index (χ3n) is 4.36. The summed E-state index contributed by atoms with van der Waals surface area (Å²) in [5.74, 6) is 0.687. The maximum atomic E-state index is 10.9. The largest absolute Gasteiger partial charge is 0.385 e. The summed E-state index contributed by atoms with van der Waals surface area (Å²) in [6, 6.07) is 9.88. The number of hydrogen-bond acceptors (Lipinski definition) is 5. The molecule has 1 aliphatic rings. The van der Waals surface area contributed by atoms with Crippen LogP contribution in [0.1, 0.15) is 18.4 Å². The Labute approximate surface area is 127 Å². The van der Waals surface area contributed by atoms with Crippen LogP contribution in [0.25, 0.3) is 11.0 Å². The molecule has 22 heavy (non-hydrogen) atoms.